The highest BCUT2D eigenvalue weighted by molar-refractivity contribution is 6.17. The molecule has 2 aromatic rings. The van der Waals surface area contributed by atoms with E-state index in [9.17, 15) is 15.0 Å². The minimum absolute atomic E-state index is 0.121. The van der Waals surface area contributed by atoms with Crippen LogP contribution in [-0.4, -0.2) is 27.2 Å². The number of aliphatic hydroxyl groups excluding tert-OH is 2. The van der Waals surface area contributed by atoms with E-state index < -0.39 is 12.2 Å². The Balaban J connectivity index is 2.40. The van der Waals surface area contributed by atoms with Gasteiger partial charge in [0.2, 0.25) is 0 Å². The summed E-state index contributed by atoms with van der Waals surface area (Å²) in [5.41, 5.74) is 1.09. The number of fused-ring (bicyclic) bond motifs is 1. The molecule has 0 bridgehead atoms. The van der Waals surface area contributed by atoms with Gasteiger partial charge in [-0.15, -0.1) is 11.6 Å². The Kier molecular flexibility index (Phi) is 4.01. The minimum atomic E-state index is -1.03. The van der Waals surface area contributed by atoms with Crippen LogP contribution in [-0.2, 0) is 0 Å². The Morgan fingerprint density at radius 3 is 2.78 bits per heavy atom. The molecule has 0 aliphatic heterocycles. The van der Waals surface area contributed by atoms with Crippen LogP contribution in [0.1, 0.15) is 18.1 Å². The molecule has 4 nitrogen and oxygen atoms in total. The van der Waals surface area contributed by atoms with Crippen LogP contribution >= 0.6 is 11.6 Å². The van der Waals surface area contributed by atoms with Crippen molar-refractivity contribution in [1.29, 1.82) is 0 Å². The minimum Gasteiger partial charge on any atom is -0.390 e. The van der Waals surface area contributed by atoms with Gasteiger partial charge >= 0.3 is 0 Å². The normalized spacial score (nSPS) is 14.6. The topological polar surface area (TPSA) is 73.3 Å². The molecular weight excluding hydrogens is 254 g/mol. The fraction of sp³-hybridized carbons (Fsp3) is 0.308. The molecule has 18 heavy (non-hydrogen) atoms. The van der Waals surface area contributed by atoms with E-state index in [0.717, 1.165) is 0 Å². The molecule has 2 atom stereocenters. The van der Waals surface area contributed by atoms with Crippen molar-refractivity contribution in [2.75, 3.05) is 5.88 Å². The summed E-state index contributed by atoms with van der Waals surface area (Å²) in [6.07, 6.45) is -0.0924. The molecule has 2 rings (SSSR count). The van der Waals surface area contributed by atoms with Gasteiger partial charge in [-0.25, -0.2) is 0 Å². The van der Waals surface area contributed by atoms with Crippen molar-refractivity contribution in [3.05, 3.63) is 46.2 Å². The highest BCUT2D eigenvalue weighted by Gasteiger charge is 2.18. The van der Waals surface area contributed by atoms with Crippen LogP contribution in [0.5, 0.6) is 0 Å². The number of hydrogen-bond acceptors (Lipinski definition) is 3. The second-order valence-corrected chi connectivity index (χ2v) is 4.51. The van der Waals surface area contributed by atoms with Gasteiger partial charge in [-0.05, 0) is 24.1 Å². The maximum Gasteiger partial charge on any atom is 0.189 e. The zero-order valence-corrected chi connectivity index (χ0v) is 10.4. The predicted octanol–water partition coefficient (Wildman–Crippen LogP) is 1.55. The van der Waals surface area contributed by atoms with Crippen molar-refractivity contribution in [3.8, 4) is 0 Å². The van der Waals surface area contributed by atoms with E-state index in [1.807, 2.05) is 0 Å². The SMILES string of the molecule is O=c1cc[nH]c2ccc(C(O)C(O)CCCl)cc12. The fourth-order valence-corrected chi connectivity index (χ4v) is 2.09. The maximum absolute atomic E-state index is 11.7. The quantitative estimate of drug-likeness (QED) is 0.736. The Morgan fingerprint density at radius 2 is 2.06 bits per heavy atom. The van der Waals surface area contributed by atoms with Gasteiger partial charge in [-0.1, -0.05) is 6.07 Å². The van der Waals surface area contributed by atoms with E-state index in [0.29, 0.717) is 22.9 Å². The van der Waals surface area contributed by atoms with Crippen LogP contribution in [0, 0.1) is 0 Å². The highest BCUT2D eigenvalue weighted by Crippen LogP contribution is 2.21. The zero-order valence-electron chi connectivity index (χ0n) is 9.64. The fourth-order valence-electron chi connectivity index (χ4n) is 1.86. The van der Waals surface area contributed by atoms with Gasteiger partial charge in [0, 0.05) is 29.0 Å². The predicted molar refractivity (Wildman–Crippen MR) is 70.9 cm³/mol. The summed E-state index contributed by atoms with van der Waals surface area (Å²) in [6, 6.07) is 6.41. The molecule has 0 saturated carbocycles. The Bertz CT molecular complexity index is 596. The first-order valence-electron chi connectivity index (χ1n) is 5.67. The lowest BCUT2D eigenvalue weighted by atomic mass is 10.0. The van der Waals surface area contributed by atoms with Gasteiger partial charge in [-0.3, -0.25) is 4.79 Å². The molecule has 0 fully saturated rings. The summed E-state index contributed by atoms with van der Waals surface area (Å²) in [5, 5.41) is 20.1. The average molecular weight is 268 g/mol. The number of alkyl halides is 1. The smallest absolute Gasteiger partial charge is 0.189 e. The van der Waals surface area contributed by atoms with Gasteiger partial charge in [0.15, 0.2) is 5.43 Å². The maximum atomic E-state index is 11.7. The van der Waals surface area contributed by atoms with Crippen molar-refractivity contribution in [2.45, 2.75) is 18.6 Å². The molecule has 1 aromatic heterocycles. The van der Waals surface area contributed by atoms with E-state index in [2.05, 4.69) is 4.98 Å². The third-order valence-corrected chi connectivity index (χ3v) is 3.11. The molecule has 96 valence electrons. The standard InChI is InChI=1S/C13H14ClNO3/c14-5-3-12(17)13(18)8-1-2-10-9(7-8)11(16)4-6-15-10/h1-2,4,6-7,12-13,17-18H,3,5H2,(H,15,16). The van der Waals surface area contributed by atoms with E-state index in [1.165, 1.54) is 6.07 Å². The van der Waals surface area contributed by atoms with E-state index in [-0.39, 0.29) is 11.3 Å². The number of pyridine rings is 1. The number of rotatable bonds is 4. The molecule has 1 heterocycles. The van der Waals surface area contributed by atoms with Crippen LogP contribution in [0.2, 0.25) is 0 Å². The lowest BCUT2D eigenvalue weighted by Gasteiger charge is -2.17. The van der Waals surface area contributed by atoms with E-state index in [1.54, 1.807) is 24.4 Å². The largest absolute Gasteiger partial charge is 0.390 e. The van der Waals surface area contributed by atoms with Crippen LogP contribution in [0.4, 0.5) is 0 Å². The molecule has 0 amide bonds. The van der Waals surface area contributed by atoms with Crippen LogP contribution in [0.25, 0.3) is 10.9 Å². The molecule has 1 aromatic carbocycles. The van der Waals surface area contributed by atoms with E-state index in [4.69, 9.17) is 11.6 Å². The van der Waals surface area contributed by atoms with Gasteiger partial charge in [0.1, 0.15) is 6.10 Å². The van der Waals surface area contributed by atoms with Gasteiger partial charge in [0.05, 0.1) is 6.10 Å². The first kappa shape index (κ1) is 13.1. The lowest BCUT2D eigenvalue weighted by molar-refractivity contribution is 0.0171. The second-order valence-electron chi connectivity index (χ2n) is 4.14. The van der Waals surface area contributed by atoms with Crippen molar-refractivity contribution in [1.82, 2.24) is 4.98 Å². The van der Waals surface area contributed by atoms with Crippen molar-refractivity contribution in [2.24, 2.45) is 0 Å². The summed E-state index contributed by atoms with van der Waals surface area (Å²) >= 11 is 5.52. The first-order chi connectivity index (χ1) is 8.63. The number of nitrogens with one attached hydrogen (secondary N) is 1. The summed E-state index contributed by atoms with van der Waals surface area (Å²) in [7, 11) is 0. The Labute approximate surface area is 109 Å². The van der Waals surface area contributed by atoms with Gasteiger partial charge in [0.25, 0.3) is 0 Å². The van der Waals surface area contributed by atoms with E-state index >= 15 is 0 Å². The Hall–Kier alpha value is -1.36. The molecule has 0 radical (unpaired) electrons. The molecular formula is C13H14ClNO3. The summed E-state index contributed by atoms with van der Waals surface area (Å²) in [6.45, 7) is 0. The molecule has 0 aliphatic carbocycles. The third-order valence-electron chi connectivity index (χ3n) is 2.89. The summed E-state index contributed by atoms with van der Waals surface area (Å²) in [4.78, 5) is 14.6. The van der Waals surface area contributed by atoms with Crippen molar-refractivity contribution in [3.63, 3.8) is 0 Å². The number of aromatic amines is 1. The first-order valence-corrected chi connectivity index (χ1v) is 6.20. The highest BCUT2D eigenvalue weighted by atomic mass is 35.5. The molecule has 0 aliphatic rings. The monoisotopic (exact) mass is 267 g/mol. The lowest BCUT2D eigenvalue weighted by Crippen LogP contribution is -2.19. The number of hydrogen-bond donors (Lipinski definition) is 3. The Morgan fingerprint density at radius 1 is 1.28 bits per heavy atom. The zero-order chi connectivity index (χ0) is 13.1. The van der Waals surface area contributed by atoms with Gasteiger partial charge in [-0.2, -0.15) is 0 Å². The molecule has 0 saturated heterocycles. The molecule has 0 spiro atoms. The number of halogens is 1. The van der Waals surface area contributed by atoms with Crippen LogP contribution in [0.3, 0.4) is 0 Å². The number of aliphatic hydroxyl groups is 2. The van der Waals surface area contributed by atoms with Crippen molar-refractivity contribution < 1.29 is 10.2 Å². The molecule has 5 heteroatoms. The number of aromatic nitrogens is 1. The number of H-pyrrole nitrogens is 1. The van der Waals surface area contributed by atoms with Gasteiger partial charge < -0.3 is 15.2 Å². The summed E-state index contributed by atoms with van der Waals surface area (Å²) < 4.78 is 0. The van der Waals surface area contributed by atoms with Crippen LogP contribution < -0.4 is 5.43 Å². The third kappa shape index (κ3) is 2.56. The second kappa shape index (κ2) is 5.52. The number of benzene rings is 1. The van der Waals surface area contributed by atoms with Crippen molar-refractivity contribution >= 4 is 22.5 Å². The molecule has 2 unspecified atom stereocenters. The van der Waals surface area contributed by atoms with Crippen LogP contribution in [0.15, 0.2) is 35.3 Å². The average Bonchev–Trinajstić information content (AvgIpc) is 2.38. The summed E-state index contributed by atoms with van der Waals surface area (Å²) in [5.74, 6) is 0.270. The molecule has 3 N–H and O–H groups in total.